The molecule has 0 bridgehead atoms. The van der Waals surface area contributed by atoms with Gasteiger partial charge in [0.25, 0.3) is 16.0 Å². The average Bonchev–Trinajstić information content (AvgIpc) is 2.53. The number of carbonyl (C=O) groups excluding carboxylic acids is 1. The number of phenolic OH excluding ortho intramolecular Hbond substituents is 1. The molecule has 0 saturated heterocycles. The van der Waals surface area contributed by atoms with Crippen LogP contribution in [-0.2, 0) is 10.1 Å². The Morgan fingerprint density at radius 2 is 1.58 bits per heavy atom. The summed E-state index contributed by atoms with van der Waals surface area (Å²) in [5.41, 5.74) is 0.244. The van der Waals surface area contributed by atoms with Crippen LogP contribution in [0.2, 0.25) is 0 Å². The summed E-state index contributed by atoms with van der Waals surface area (Å²) in [5, 5.41) is 14.1. The van der Waals surface area contributed by atoms with Crippen molar-refractivity contribution in [3.63, 3.8) is 0 Å². The second-order valence-corrected chi connectivity index (χ2v) is 6.60. The van der Waals surface area contributed by atoms with Crippen LogP contribution in [0, 0.1) is 0 Å². The number of hydrogen-bond donors (Lipinski definition) is 3. The summed E-state index contributed by atoms with van der Waals surface area (Å²) >= 11 is 0. The van der Waals surface area contributed by atoms with Crippen LogP contribution in [0.4, 0.5) is 5.69 Å². The Balaban J connectivity index is 1.94. The molecule has 6 nitrogen and oxygen atoms in total. The molecular weight excluding hydrogens is 330 g/mol. The van der Waals surface area contributed by atoms with Crippen molar-refractivity contribution in [2.75, 3.05) is 5.32 Å². The Labute approximate surface area is 138 Å². The number of rotatable bonds is 3. The van der Waals surface area contributed by atoms with E-state index in [0.717, 1.165) is 16.8 Å². The molecule has 0 aliphatic carbocycles. The molecule has 0 fully saturated rings. The predicted molar refractivity (Wildman–Crippen MR) is 89.8 cm³/mol. The van der Waals surface area contributed by atoms with Gasteiger partial charge in [0.2, 0.25) is 0 Å². The number of phenols is 1. The molecular formula is C17H13NO5S. The van der Waals surface area contributed by atoms with Gasteiger partial charge in [0.1, 0.15) is 5.75 Å². The maximum absolute atomic E-state index is 12.4. The van der Waals surface area contributed by atoms with Crippen LogP contribution in [0.5, 0.6) is 5.75 Å². The van der Waals surface area contributed by atoms with Gasteiger partial charge in [0, 0.05) is 5.69 Å². The van der Waals surface area contributed by atoms with E-state index in [2.05, 4.69) is 5.32 Å². The third-order valence-corrected chi connectivity index (χ3v) is 4.35. The molecule has 3 aromatic rings. The van der Waals surface area contributed by atoms with Gasteiger partial charge in [-0.05, 0) is 41.1 Å². The van der Waals surface area contributed by atoms with E-state index in [0.29, 0.717) is 0 Å². The van der Waals surface area contributed by atoms with Crippen molar-refractivity contribution in [2.24, 2.45) is 0 Å². The number of amides is 1. The van der Waals surface area contributed by atoms with E-state index in [4.69, 9.17) is 4.55 Å². The molecule has 0 spiro atoms. The normalized spacial score (nSPS) is 11.4. The summed E-state index contributed by atoms with van der Waals surface area (Å²) in [4.78, 5) is 12.0. The van der Waals surface area contributed by atoms with Gasteiger partial charge in [-0.3, -0.25) is 9.35 Å². The summed E-state index contributed by atoms with van der Waals surface area (Å²) in [6.07, 6.45) is 0. The molecule has 7 heteroatoms. The first-order valence-corrected chi connectivity index (χ1v) is 8.39. The van der Waals surface area contributed by atoms with E-state index in [9.17, 15) is 18.3 Å². The Kier molecular flexibility index (Phi) is 3.96. The molecule has 0 aliphatic rings. The van der Waals surface area contributed by atoms with Gasteiger partial charge in [0.05, 0.1) is 10.5 Å². The number of aromatic hydroxyl groups is 1. The Morgan fingerprint density at radius 1 is 0.917 bits per heavy atom. The molecule has 3 rings (SSSR count). The largest absolute Gasteiger partial charge is 0.507 e. The van der Waals surface area contributed by atoms with Crippen LogP contribution in [0.3, 0.4) is 0 Å². The fourth-order valence-corrected chi connectivity index (χ4v) is 2.87. The van der Waals surface area contributed by atoms with E-state index < -0.39 is 16.0 Å². The van der Waals surface area contributed by atoms with Gasteiger partial charge >= 0.3 is 0 Å². The molecule has 1 amide bonds. The van der Waals surface area contributed by atoms with Crippen molar-refractivity contribution < 1.29 is 22.9 Å². The summed E-state index contributed by atoms with van der Waals surface area (Å²) < 4.78 is 31.3. The Bertz CT molecular complexity index is 1040. The van der Waals surface area contributed by atoms with Gasteiger partial charge in [-0.15, -0.1) is 0 Å². The molecule has 0 aromatic heterocycles. The predicted octanol–water partition coefficient (Wildman–Crippen LogP) is 3.04. The topological polar surface area (TPSA) is 104 Å². The zero-order valence-corrected chi connectivity index (χ0v) is 13.1. The Morgan fingerprint density at radius 3 is 2.25 bits per heavy atom. The highest BCUT2D eigenvalue weighted by molar-refractivity contribution is 7.85. The van der Waals surface area contributed by atoms with Crippen LogP contribution >= 0.6 is 0 Å². The lowest BCUT2D eigenvalue weighted by molar-refractivity contribution is 0.102. The van der Waals surface area contributed by atoms with Crippen LogP contribution in [0.15, 0.2) is 65.6 Å². The van der Waals surface area contributed by atoms with Crippen molar-refractivity contribution in [1.29, 1.82) is 0 Å². The molecule has 0 radical (unpaired) electrons. The summed E-state index contributed by atoms with van der Waals surface area (Å²) in [7, 11) is -4.36. The van der Waals surface area contributed by atoms with E-state index in [1.54, 1.807) is 6.07 Å². The molecule has 3 N–H and O–H groups in total. The van der Waals surface area contributed by atoms with Gasteiger partial charge in [-0.25, -0.2) is 0 Å². The van der Waals surface area contributed by atoms with Crippen molar-refractivity contribution in [2.45, 2.75) is 4.90 Å². The summed E-state index contributed by atoms with van der Waals surface area (Å²) in [5.74, 6) is -0.775. The fourth-order valence-electron chi connectivity index (χ4n) is 2.34. The second kappa shape index (κ2) is 5.95. The minimum absolute atomic E-state index is 0.0611. The SMILES string of the molecule is O=C(Nc1cccc(S(=O)(=O)O)c1)c1cc2ccccc2cc1O. The first-order chi connectivity index (χ1) is 11.3. The number of hydrogen-bond acceptors (Lipinski definition) is 4. The van der Waals surface area contributed by atoms with E-state index >= 15 is 0 Å². The molecule has 122 valence electrons. The number of benzene rings is 3. The van der Waals surface area contributed by atoms with Gasteiger partial charge in [-0.1, -0.05) is 30.3 Å². The molecule has 0 saturated carbocycles. The highest BCUT2D eigenvalue weighted by Gasteiger charge is 2.15. The minimum atomic E-state index is -4.36. The highest BCUT2D eigenvalue weighted by atomic mass is 32.2. The quantitative estimate of drug-likeness (QED) is 0.634. The number of carbonyl (C=O) groups is 1. The van der Waals surface area contributed by atoms with Gasteiger partial charge < -0.3 is 10.4 Å². The van der Waals surface area contributed by atoms with Crippen molar-refractivity contribution in [3.8, 4) is 5.75 Å². The third-order valence-electron chi connectivity index (χ3n) is 3.50. The Hall–Kier alpha value is -2.90. The zero-order valence-electron chi connectivity index (χ0n) is 12.3. The van der Waals surface area contributed by atoms with E-state index in [1.807, 2.05) is 24.3 Å². The molecule has 0 unspecified atom stereocenters. The van der Waals surface area contributed by atoms with E-state index in [-0.39, 0.29) is 21.9 Å². The molecule has 3 aromatic carbocycles. The monoisotopic (exact) mass is 343 g/mol. The van der Waals surface area contributed by atoms with Crippen molar-refractivity contribution in [3.05, 3.63) is 66.2 Å². The minimum Gasteiger partial charge on any atom is -0.507 e. The van der Waals surface area contributed by atoms with Crippen molar-refractivity contribution >= 4 is 32.5 Å². The lowest BCUT2D eigenvalue weighted by Crippen LogP contribution is -2.12. The maximum Gasteiger partial charge on any atom is 0.294 e. The number of nitrogens with one attached hydrogen (secondary N) is 1. The maximum atomic E-state index is 12.4. The van der Waals surface area contributed by atoms with Crippen molar-refractivity contribution in [1.82, 2.24) is 0 Å². The lowest BCUT2D eigenvalue weighted by atomic mass is 10.1. The highest BCUT2D eigenvalue weighted by Crippen LogP contribution is 2.26. The lowest BCUT2D eigenvalue weighted by Gasteiger charge is -2.09. The molecule has 0 aliphatic heterocycles. The second-order valence-electron chi connectivity index (χ2n) is 5.17. The third kappa shape index (κ3) is 3.22. The summed E-state index contributed by atoms with van der Waals surface area (Å²) in [6, 6.07) is 15.5. The van der Waals surface area contributed by atoms with E-state index in [1.165, 1.54) is 24.3 Å². The van der Waals surface area contributed by atoms with Crippen LogP contribution in [0.1, 0.15) is 10.4 Å². The average molecular weight is 343 g/mol. The standard InChI is InChI=1S/C17H13NO5S/c19-16-9-12-5-2-1-4-11(12)8-15(16)17(20)18-13-6-3-7-14(10-13)24(21,22)23/h1-10,19H,(H,18,20)(H,21,22,23). The number of fused-ring (bicyclic) bond motifs is 1. The van der Waals surface area contributed by atoms with Crippen LogP contribution in [0.25, 0.3) is 10.8 Å². The number of anilines is 1. The molecule has 0 atom stereocenters. The van der Waals surface area contributed by atoms with Gasteiger partial charge in [-0.2, -0.15) is 8.42 Å². The molecule has 0 heterocycles. The first-order valence-electron chi connectivity index (χ1n) is 6.95. The smallest absolute Gasteiger partial charge is 0.294 e. The van der Waals surface area contributed by atoms with Gasteiger partial charge in [0.15, 0.2) is 0 Å². The summed E-state index contributed by atoms with van der Waals surface area (Å²) in [6.45, 7) is 0. The first kappa shape index (κ1) is 16.0. The zero-order chi connectivity index (χ0) is 17.3. The molecule has 24 heavy (non-hydrogen) atoms. The van der Waals surface area contributed by atoms with Crippen LogP contribution in [-0.4, -0.2) is 24.0 Å². The fraction of sp³-hybridized carbons (Fsp3) is 0. The van der Waals surface area contributed by atoms with Crippen LogP contribution < -0.4 is 5.32 Å².